The summed E-state index contributed by atoms with van der Waals surface area (Å²) in [7, 11) is 1.49. The summed E-state index contributed by atoms with van der Waals surface area (Å²) >= 11 is 0. The Morgan fingerprint density at radius 2 is 1.95 bits per heavy atom. The summed E-state index contributed by atoms with van der Waals surface area (Å²) in [6.45, 7) is 2.52. The van der Waals surface area contributed by atoms with E-state index in [1.54, 1.807) is 6.92 Å². The number of rotatable bonds is 6. The van der Waals surface area contributed by atoms with Crippen LogP contribution in [0.15, 0.2) is 12.1 Å². The molecule has 0 saturated heterocycles. The summed E-state index contributed by atoms with van der Waals surface area (Å²) in [5, 5.41) is 7.88. The highest BCUT2D eigenvalue weighted by atomic mass is 19.4. The first kappa shape index (κ1) is 16.1. The molecular weight excluding hydrogens is 273 g/mol. The highest BCUT2D eigenvalue weighted by Gasteiger charge is 2.31. The number of hydrogen-bond donors (Lipinski definition) is 3. The summed E-state index contributed by atoms with van der Waals surface area (Å²) in [4.78, 5) is 15.2. The van der Waals surface area contributed by atoms with Crippen molar-refractivity contribution in [1.29, 1.82) is 0 Å². The van der Waals surface area contributed by atoms with Gasteiger partial charge < -0.3 is 16.0 Å². The fourth-order valence-corrected chi connectivity index (χ4v) is 1.50. The summed E-state index contributed by atoms with van der Waals surface area (Å²) in [6.07, 6.45) is -4.27. The van der Waals surface area contributed by atoms with Gasteiger partial charge in [0.1, 0.15) is 11.6 Å². The fraction of sp³-hybridized carbons (Fsp3) is 0.500. The molecule has 1 heterocycles. The third-order valence-electron chi connectivity index (χ3n) is 2.44. The summed E-state index contributed by atoms with van der Waals surface area (Å²) in [5.41, 5.74) is -0.794. The van der Waals surface area contributed by atoms with E-state index in [-0.39, 0.29) is 30.5 Å². The minimum atomic E-state index is -4.44. The standard InChI is InChI=1S/C12H17F3N4O/c1-3-17-11(20)4-5-18-10-7-8(12(13,14)15)6-9(16-2)19-10/h6-7H,3-5H2,1-2H3,(H,17,20)(H2,16,18,19). The van der Waals surface area contributed by atoms with Crippen molar-refractivity contribution in [3.8, 4) is 0 Å². The third-order valence-corrected chi connectivity index (χ3v) is 2.44. The molecule has 0 saturated carbocycles. The average Bonchev–Trinajstić information content (AvgIpc) is 2.37. The highest BCUT2D eigenvalue weighted by molar-refractivity contribution is 5.76. The Kier molecular flexibility index (Phi) is 5.60. The molecule has 1 aromatic heterocycles. The molecule has 0 bridgehead atoms. The molecule has 0 atom stereocenters. The van der Waals surface area contributed by atoms with Crippen LogP contribution in [0.5, 0.6) is 0 Å². The van der Waals surface area contributed by atoms with Crippen LogP contribution in [0.3, 0.4) is 0 Å². The smallest absolute Gasteiger partial charge is 0.373 e. The Balaban J connectivity index is 2.72. The van der Waals surface area contributed by atoms with E-state index in [0.29, 0.717) is 6.54 Å². The number of amides is 1. The molecule has 0 aliphatic carbocycles. The minimum Gasteiger partial charge on any atom is -0.373 e. The maximum Gasteiger partial charge on any atom is 0.416 e. The van der Waals surface area contributed by atoms with Gasteiger partial charge in [0.05, 0.1) is 5.56 Å². The van der Waals surface area contributed by atoms with Gasteiger partial charge in [0.2, 0.25) is 5.91 Å². The van der Waals surface area contributed by atoms with Crippen LogP contribution < -0.4 is 16.0 Å². The zero-order chi connectivity index (χ0) is 15.2. The first-order valence-corrected chi connectivity index (χ1v) is 6.14. The van der Waals surface area contributed by atoms with Crippen LogP contribution >= 0.6 is 0 Å². The van der Waals surface area contributed by atoms with Gasteiger partial charge in [-0.15, -0.1) is 0 Å². The van der Waals surface area contributed by atoms with E-state index < -0.39 is 11.7 Å². The number of halogens is 3. The third kappa shape index (κ3) is 4.94. The second kappa shape index (κ2) is 6.97. The van der Waals surface area contributed by atoms with Gasteiger partial charge in [-0.2, -0.15) is 13.2 Å². The van der Waals surface area contributed by atoms with Gasteiger partial charge in [-0.1, -0.05) is 0 Å². The van der Waals surface area contributed by atoms with Crippen molar-refractivity contribution < 1.29 is 18.0 Å². The Labute approximate surface area is 115 Å². The SMILES string of the molecule is CCNC(=O)CCNc1cc(C(F)(F)F)cc(NC)n1. The van der Waals surface area contributed by atoms with Crippen LogP contribution in [-0.4, -0.2) is 31.0 Å². The van der Waals surface area contributed by atoms with Crippen molar-refractivity contribution >= 4 is 17.5 Å². The molecule has 1 aromatic rings. The second-order valence-corrected chi connectivity index (χ2v) is 4.00. The van der Waals surface area contributed by atoms with Crippen LogP contribution in [0.4, 0.5) is 24.8 Å². The first-order chi connectivity index (χ1) is 9.36. The lowest BCUT2D eigenvalue weighted by Crippen LogP contribution is -2.25. The molecular formula is C12H17F3N4O. The van der Waals surface area contributed by atoms with Crippen molar-refractivity contribution in [2.75, 3.05) is 30.8 Å². The summed E-state index contributed by atoms with van der Waals surface area (Å²) in [6, 6.07) is 1.84. The second-order valence-electron chi connectivity index (χ2n) is 4.00. The van der Waals surface area contributed by atoms with Gasteiger partial charge in [-0.3, -0.25) is 4.79 Å². The maximum atomic E-state index is 12.7. The topological polar surface area (TPSA) is 66.1 Å². The Hall–Kier alpha value is -1.99. The van der Waals surface area contributed by atoms with E-state index in [2.05, 4.69) is 20.9 Å². The number of nitrogens with zero attached hydrogens (tertiary/aromatic N) is 1. The number of hydrogen-bond acceptors (Lipinski definition) is 4. The quantitative estimate of drug-likeness (QED) is 0.750. The van der Waals surface area contributed by atoms with E-state index in [1.807, 2.05) is 0 Å². The molecule has 3 N–H and O–H groups in total. The lowest BCUT2D eigenvalue weighted by atomic mass is 10.2. The maximum absolute atomic E-state index is 12.7. The molecule has 1 amide bonds. The Morgan fingerprint density at radius 1 is 1.30 bits per heavy atom. The number of pyridine rings is 1. The zero-order valence-electron chi connectivity index (χ0n) is 11.3. The Morgan fingerprint density at radius 3 is 2.50 bits per heavy atom. The number of alkyl halides is 3. The van der Waals surface area contributed by atoms with Crippen molar-refractivity contribution in [3.05, 3.63) is 17.7 Å². The molecule has 1 rings (SSSR count). The van der Waals surface area contributed by atoms with E-state index in [0.717, 1.165) is 12.1 Å². The Bertz CT molecular complexity index is 463. The van der Waals surface area contributed by atoms with Gasteiger partial charge >= 0.3 is 6.18 Å². The van der Waals surface area contributed by atoms with Crippen LogP contribution in [0, 0.1) is 0 Å². The van der Waals surface area contributed by atoms with E-state index in [4.69, 9.17) is 0 Å². The number of carbonyl (C=O) groups excluding carboxylic acids is 1. The lowest BCUT2D eigenvalue weighted by Gasteiger charge is -2.12. The van der Waals surface area contributed by atoms with Gasteiger partial charge in [0, 0.05) is 26.6 Å². The zero-order valence-corrected chi connectivity index (χ0v) is 11.3. The minimum absolute atomic E-state index is 0.0773. The summed E-state index contributed by atoms with van der Waals surface area (Å²) in [5.74, 6) is 0.0228. The van der Waals surface area contributed by atoms with Gasteiger partial charge in [0.25, 0.3) is 0 Å². The molecule has 0 radical (unpaired) electrons. The molecule has 8 heteroatoms. The average molecular weight is 290 g/mol. The molecule has 0 spiro atoms. The predicted octanol–water partition coefficient (Wildman–Crippen LogP) is 2.08. The molecule has 0 aliphatic heterocycles. The normalized spacial score (nSPS) is 11.1. The van der Waals surface area contributed by atoms with E-state index in [9.17, 15) is 18.0 Å². The van der Waals surface area contributed by atoms with Gasteiger partial charge in [-0.25, -0.2) is 4.98 Å². The number of aromatic nitrogens is 1. The molecule has 0 aromatic carbocycles. The van der Waals surface area contributed by atoms with Gasteiger partial charge in [0.15, 0.2) is 0 Å². The van der Waals surface area contributed by atoms with Crippen molar-refractivity contribution in [3.63, 3.8) is 0 Å². The largest absolute Gasteiger partial charge is 0.416 e. The van der Waals surface area contributed by atoms with Gasteiger partial charge in [-0.05, 0) is 19.1 Å². The first-order valence-electron chi connectivity index (χ1n) is 6.14. The molecule has 112 valence electrons. The molecule has 0 aliphatic rings. The fourth-order valence-electron chi connectivity index (χ4n) is 1.50. The molecule has 0 unspecified atom stereocenters. The lowest BCUT2D eigenvalue weighted by molar-refractivity contribution is -0.137. The monoisotopic (exact) mass is 290 g/mol. The van der Waals surface area contributed by atoms with Crippen molar-refractivity contribution in [1.82, 2.24) is 10.3 Å². The van der Waals surface area contributed by atoms with Crippen molar-refractivity contribution in [2.24, 2.45) is 0 Å². The summed E-state index contributed by atoms with van der Waals surface area (Å²) < 4.78 is 38.1. The molecule has 5 nitrogen and oxygen atoms in total. The van der Waals surface area contributed by atoms with Crippen molar-refractivity contribution in [2.45, 2.75) is 19.5 Å². The van der Waals surface area contributed by atoms with Crippen LogP contribution in [0.2, 0.25) is 0 Å². The van der Waals surface area contributed by atoms with E-state index >= 15 is 0 Å². The molecule has 20 heavy (non-hydrogen) atoms. The van der Waals surface area contributed by atoms with E-state index in [1.165, 1.54) is 7.05 Å². The van der Waals surface area contributed by atoms with Crippen LogP contribution in [-0.2, 0) is 11.0 Å². The van der Waals surface area contributed by atoms with Crippen LogP contribution in [0.25, 0.3) is 0 Å². The highest BCUT2D eigenvalue weighted by Crippen LogP contribution is 2.31. The molecule has 0 fully saturated rings. The number of anilines is 2. The number of nitrogens with one attached hydrogen (secondary N) is 3. The predicted molar refractivity (Wildman–Crippen MR) is 70.6 cm³/mol. The number of carbonyl (C=O) groups is 1. The van der Waals surface area contributed by atoms with Crippen LogP contribution in [0.1, 0.15) is 18.9 Å².